The number of aryl methyl sites for hydroxylation is 4. The SMILES string of the molecule is CCCCn1cc(-c2ccc(O[C@H]3CCN(CC4CCN(C(=O)COc5ccc(C)c(N6CCC(=O)CC6=O)c5)CC4)C[C@@H]3F)c(OC)c2)c2ccncc2c1=O.CCCCn1cc(-c2ccc(O[C@H]3CCN(CC4CCNCC4)C[C@@H]3F)c(OC)c2)c2ccncc2c1=O.Cc1ccc(OCC(=O)O)cc1N1CCC(=O)NC1=O. The van der Waals surface area contributed by atoms with Crippen LogP contribution in [0.1, 0.15) is 108 Å². The number of pyridine rings is 4. The maximum Gasteiger partial charge on any atom is 0.341 e. The zero-order valence-electron chi connectivity index (χ0n) is 66.5. The first-order chi connectivity index (χ1) is 55.6. The fraction of sp³-hybridized carbons (Fsp3) is 0.471. The molecule has 6 saturated heterocycles. The number of amides is 5. The van der Waals surface area contributed by atoms with Crippen LogP contribution in [-0.2, 0) is 37.1 Å². The van der Waals surface area contributed by atoms with Gasteiger partial charge < -0.3 is 57.8 Å². The van der Waals surface area contributed by atoms with Crippen LogP contribution in [0, 0.1) is 25.7 Å². The monoisotopic (exact) mass is 1580 g/mol. The molecular formula is C87H105F2N11O15. The molecule has 6 aliphatic rings. The predicted molar refractivity (Wildman–Crippen MR) is 435 cm³/mol. The van der Waals surface area contributed by atoms with E-state index in [9.17, 15) is 38.4 Å². The van der Waals surface area contributed by atoms with Crippen LogP contribution < -0.4 is 60.0 Å². The van der Waals surface area contributed by atoms with Gasteiger partial charge in [-0.05, 0) is 172 Å². The van der Waals surface area contributed by atoms with Gasteiger partial charge in [-0.15, -0.1) is 0 Å². The number of piperidine rings is 5. The van der Waals surface area contributed by atoms with Crippen molar-refractivity contribution in [2.75, 3.05) is 116 Å². The summed E-state index contributed by atoms with van der Waals surface area (Å²) in [6.45, 7) is 16.6. The Hall–Kier alpha value is -10.8. The van der Waals surface area contributed by atoms with Crippen LogP contribution in [-0.4, -0.2) is 205 Å². The van der Waals surface area contributed by atoms with Crippen molar-refractivity contribution in [1.82, 2.24) is 44.4 Å². The number of carboxylic acids is 1. The number of likely N-dealkylation sites (tertiary alicyclic amines) is 3. The third-order valence-electron chi connectivity index (χ3n) is 22.4. The number of carbonyl (C=O) groups excluding carboxylic acids is 5. The third-order valence-corrected chi connectivity index (χ3v) is 22.4. The largest absolute Gasteiger partial charge is 0.493 e. The number of aromatic nitrogens is 4. The van der Waals surface area contributed by atoms with Crippen molar-refractivity contribution in [3.63, 3.8) is 0 Å². The van der Waals surface area contributed by atoms with E-state index in [1.807, 2.05) is 85.7 Å². The maximum atomic E-state index is 15.7. The number of halogens is 2. The van der Waals surface area contributed by atoms with Gasteiger partial charge in [0.05, 0.1) is 42.8 Å². The Bertz CT molecular complexity index is 4910. The molecule has 5 amide bonds. The molecule has 4 aromatic heterocycles. The molecule has 6 aliphatic heterocycles. The van der Waals surface area contributed by atoms with E-state index < -0.39 is 43.2 Å². The summed E-state index contributed by atoms with van der Waals surface area (Å²) in [6, 6.07) is 25.0. The molecule has 115 heavy (non-hydrogen) atoms. The zero-order valence-corrected chi connectivity index (χ0v) is 66.5. The Balaban J connectivity index is 0.000000180. The van der Waals surface area contributed by atoms with E-state index in [1.165, 1.54) is 17.7 Å². The molecule has 0 aliphatic carbocycles. The normalized spacial score (nSPS) is 19.3. The molecular weight excluding hydrogens is 1480 g/mol. The number of hydrogen-bond acceptors (Lipinski definition) is 19. The Kier molecular flexibility index (Phi) is 28.7. The highest BCUT2D eigenvalue weighted by Gasteiger charge is 2.36. The fourth-order valence-corrected chi connectivity index (χ4v) is 15.8. The van der Waals surface area contributed by atoms with E-state index in [0.717, 1.165) is 115 Å². The number of rotatable bonds is 26. The van der Waals surface area contributed by atoms with Crippen LogP contribution >= 0.6 is 0 Å². The highest BCUT2D eigenvalue weighted by molar-refractivity contribution is 6.09. The predicted octanol–water partition coefficient (Wildman–Crippen LogP) is 11.6. The van der Waals surface area contributed by atoms with Gasteiger partial charge in [-0.25, -0.2) is 18.4 Å². The number of carboxylic acid groups (broad SMARTS) is 1. The van der Waals surface area contributed by atoms with Crippen molar-refractivity contribution in [2.24, 2.45) is 11.8 Å². The highest BCUT2D eigenvalue weighted by atomic mass is 19.1. The first kappa shape index (κ1) is 83.6. The quantitative estimate of drug-likeness (QED) is 0.0425. The van der Waals surface area contributed by atoms with E-state index >= 15 is 8.78 Å². The molecule has 10 heterocycles. The van der Waals surface area contributed by atoms with Crippen LogP contribution in [0.4, 0.5) is 25.0 Å². The molecule has 6 fully saturated rings. The summed E-state index contributed by atoms with van der Waals surface area (Å²) in [6.07, 6.45) is 16.5. The number of imide groups is 1. The number of ether oxygens (including phenoxy) is 6. The van der Waals surface area contributed by atoms with E-state index in [2.05, 4.69) is 44.2 Å². The Morgan fingerprint density at radius 2 is 1.05 bits per heavy atom. The topological polar surface area (TPSA) is 288 Å². The number of alkyl halides is 2. The number of anilines is 2. The van der Waals surface area contributed by atoms with Gasteiger partial charge in [-0.2, -0.15) is 0 Å². The number of unbranched alkanes of at least 4 members (excludes halogenated alkanes) is 2. The molecule has 3 N–H and O–H groups in total. The summed E-state index contributed by atoms with van der Waals surface area (Å²) in [5, 5.41) is 17.0. The minimum absolute atomic E-state index is 0.0299. The minimum atomic E-state index is -1.18. The molecule has 612 valence electrons. The summed E-state index contributed by atoms with van der Waals surface area (Å²) in [7, 11) is 3.17. The van der Waals surface area contributed by atoms with Gasteiger partial charge in [-0.1, -0.05) is 51.0 Å². The molecule has 14 rings (SSSR count). The van der Waals surface area contributed by atoms with Gasteiger partial charge in [0.25, 0.3) is 17.0 Å². The lowest BCUT2D eigenvalue weighted by atomic mass is 9.94. The number of fused-ring (bicyclic) bond motifs is 2. The Labute approximate surface area is 668 Å². The van der Waals surface area contributed by atoms with Gasteiger partial charge in [-0.3, -0.25) is 58.8 Å². The van der Waals surface area contributed by atoms with Crippen LogP contribution in [0.2, 0.25) is 0 Å². The molecule has 8 aromatic rings. The number of carbonyl (C=O) groups is 6. The maximum absolute atomic E-state index is 15.7. The summed E-state index contributed by atoms with van der Waals surface area (Å²) in [4.78, 5) is 115. The molecule has 0 bridgehead atoms. The second-order valence-electron chi connectivity index (χ2n) is 30.5. The summed E-state index contributed by atoms with van der Waals surface area (Å²) >= 11 is 0. The lowest BCUT2D eigenvalue weighted by Gasteiger charge is -2.39. The molecule has 0 radical (unpaired) electrons. The van der Waals surface area contributed by atoms with Crippen molar-refractivity contribution in [1.29, 1.82) is 0 Å². The van der Waals surface area contributed by atoms with E-state index in [-0.39, 0.29) is 67.2 Å². The van der Waals surface area contributed by atoms with Crippen LogP contribution in [0.15, 0.2) is 132 Å². The number of Topliss-reactive ketones (excluding diaryl/α,β-unsaturated/α-hetero) is 1. The van der Waals surface area contributed by atoms with Crippen molar-refractivity contribution in [3.8, 4) is 56.8 Å². The van der Waals surface area contributed by atoms with E-state index in [4.69, 9.17) is 33.5 Å². The van der Waals surface area contributed by atoms with Crippen molar-refractivity contribution in [3.05, 3.63) is 154 Å². The van der Waals surface area contributed by atoms with Gasteiger partial charge in [0.1, 0.15) is 41.8 Å². The smallest absolute Gasteiger partial charge is 0.341 e. The van der Waals surface area contributed by atoms with Crippen molar-refractivity contribution in [2.45, 2.75) is 149 Å². The number of urea groups is 1. The first-order valence-corrected chi connectivity index (χ1v) is 40.1. The average Bonchev–Trinajstić information content (AvgIpc) is 0.772. The average molecular weight is 1580 g/mol. The molecule has 0 spiro atoms. The number of nitrogens with one attached hydrogen (secondary N) is 2. The first-order valence-electron chi connectivity index (χ1n) is 40.1. The van der Waals surface area contributed by atoms with Gasteiger partial charge in [0, 0.05) is 152 Å². The third kappa shape index (κ3) is 21.2. The molecule has 0 saturated carbocycles. The number of benzene rings is 4. The number of hydrogen-bond donors (Lipinski definition) is 3. The summed E-state index contributed by atoms with van der Waals surface area (Å²) in [5.74, 6) is 2.19. The van der Waals surface area contributed by atoms with Crippen LogP contribution in [0.5, 0.6) is 34.5 Å². The Morgan fingerprint density at radius 3 is 1.53 bits per heavy atom. The Morgan fingerprint density at radius 1 is 0.557 bits per heavy atom. The van der Waals surface area contributed by atoms with Crippen molar-refractivity contribution < 1.29 is 71.1 Å². The van der Waals surface area contributed by atoms with E-state index in [0.29, 0.717) is 134 Å². The van der Waals surface area contributed by atoms with Gasteiger partial charge in [0.2, 0.25) is 11.8 Å². The number of nitrogens with zero attached hydrogens (tertiary/aromatic N) is 9. The zero-order chi connectivity index (χ0) is 81.2. The molecule has 4 atom stereocenters. The molecule has 26 nitrogen and oxygen atoms in total. The number of aliphatic carboxylic acids is 1. The second-order valence-corrected chi connectivity index (χ2v) is 30.5. The standard InChI is InChI=1S/C44H52FN5O7.C30H39FN4O3.C13H14N2O5/c1-4-5-16-49-26-36(34-10-15-46-24-35(34)44(49)54)31-7-9-40(41(21-31)55-3)57-39-14-17-47(27-37(39)45)25-30-11-18-48(19-12-30)43(53)28-56-33-8-6-29(2)38(23-33)50-20-13-32(51)22-42(50)52;1-3-4-14-35-19-25(23-9-13-33-17-24(23)30(35)36)22-5-6-28(29(16-22)37-2)38-27-10-15-34(20-26(27)31)18-21-7-11-32-12-8-21;1-8-2-3-9(20-7-12(17)18)6-10(8)15-5-4-11(16)14-13(15)19/h6-10,15,21,23-24,26,30,37,39H,4-5,11-14,16-20,22,25,27-28H2,1-3H3;5-6,9,13,16-17,19,21,26-27,32H,3-4,7-8,10-12,14-15,18,20H2,1-2H3;2-3,6H,4-5,7H2,1H3,(H,17,18)(H,14,16,19)/t37-,39-;26-,27-;/m00./s1. The lowest BCUT2D eigenvalue weighted by molar-refractivity contribution is -0.139. The van der Waals surface area contributed by atoms with E-state index in [1.54, 1.807) is 83.4 Å². The fourth-order valence-electron chi connectivity index (χ4n) is 15.8. The van der Waals surface area contributed by atoms with Gasteiger partial charge in [0.15, 0.2) is 36.2 Å². The summed E-state index contributed by atoms with van der Waals surface area (Å²) in [5.41, 5.74) is 6.51. The number of methoxy groups -OCH3 is 2. The molecule has 28 heteroatoms. The van der Waals surface area contributed by atoms with Crippen LogP contribution in [0.3, 0.4) is 0 Å². The molecule has 0 unspecified atom stereocenters. The second kappa shape index (κ2) is 39.5. The minimum Gasteiger partial charge on any atom is -0.493 e. The van der Waals surface area contributed by atoms with Crippen molar-refractivity contribution >= 4 is 68.4 Å². The van der Waals surface area contributed by atoms with Gasteiger partial charge >= 0.3 is 12.0 Å². The molecule has 4 aromatic carbocycles. The van der Waals surface area contributed by atoms with Crippen LogP contribution in [0.25, 0.3) is 43.8 Å². The summed E-state index contributed by atoms with van der Waals surface area (Å²) < 4.78 is 69.3. The highest BCUT2D eigenvalue weighted by Crippen LogP contribution is 2.40. The lowest BCUT2D eigenvalue weighted by Crippen LogP contribution is -2.49. The number of ketones is 1.